The Bertz CT molecular complexity index is 413. The van der Waals surface area contributed by atoms with Gasteiger partial charge in [0.15, 0.2) is 0 Å². The van der Waals surface area contributed by atoms with Crippen molar-refractivity contribution in [3.8, 4) is 0 Å². The van der Waals surface area contributed by atoms with Crippen LogP contribution in [0.2, 0.25) is 0 Å². The van der Waals surface area contributed by atoms with Crippen molar-refractivity contribution in [2.45, 2.75) is 110 Å². The molecule has 0 amide bonds. The SMILES string of the molecule is CCCCCCCCCCCCCCCCCC(=O)OC1=NCCN1CCN. The molecule has 0 saturated heterocycles. The average molecular weight is 396 g/mol. The van der Waals surface area contributed by atoms with Crippen LogP contribution in [-0.4, -0.2) is 43.1 Å². The fourth-order valence-electron chi connectivity index (χ4n) is 3.72. The third-order valence-electron chi connectivity index (χ3n) is 5.48. The number of amidine groups is 1. The molecule has 0 aliphatic carbocycles. The van der Waals surface area contributed by atoms with Gasteiger partial charge in [0.1, 0.15) is 0 Å². The van der Waals surface area contributed by atoms with Crippen LogP contribution in [0, 0.1) is 0 Å². The van der Waals surface area contributed by atoms with Crippen LogP contribution in [0.5, 0.6) is 0 Å². The molecule has 1 aliphatic rings. The van der Waals surface area contributed by atoms with Gasteiger partial charge in [-0.25, -0.2) is 4.99 Å². The van der Waals surface area contributed by atoms with E-state index >= 15 is 0 Å². The molecule has 1 aliphatic heterocycles. The molecule has 0 atom stereocenters. The smallest absolute Gasteiger partial charge is 0.313 e. The van der Waals surface area contributed by atoms with Gasteiger partial charge in [0.2, 0.25) is 0 Å². The molecule has 28 heavy (non-hydrogen) atoms. The van der Waals surface area contributed by atoms with Gasteiger partial charge in [-0.15, -0.1) is 0 Å². The lowest BCUT2D eigenvalue weighted by Crippen LogP contribution is -2.35. The number of carbonyl (C=O) groups is 1. The van der Waals surface area contributed by atoms with E-state index < -0.39 is 0 Å². The Labute approximate surface area is 173 Å². The van der Waals surface area contributed by atoms with Crippen molar-refractivity contribution in [1.29, 1.82) is 0 Å². The molecular weight excluding hydrogens is 350 g/mol. The van der Waals surface area contributed by atoms with Crippen molar-refractivity contribution < 1.29 is 9.53 Å². The number of hydrogen-bond donors (Lipinski definition) is 1. The number of ether oxygens (including phenoxy) is 1. The summed E-state index contributed by atoms with van der Waals surface area (Å²) >= 11 is 0. The van der Waals surface area contributed by atoms with Crippen molar-refractivity contribution in [3.63, 3.8) is 0 Å². The van der Waals surface area contributed by atoms with Crippen molar-refractivity contribution >= 4 is 12.0 Å². The molecule has 0 spiro atoms. The first-order valence-corrected chi connectivity index (χ1v) is 12.0. The molecule has 0 unspecified atom stereocenters. The van der Waals surface area contributed by atoms with Gasteiger partial charge < -0.3 is 15.4 Å². The summed E-state index contributed by atoms with van der Waals surface area (Å²) in [6, 6.07) is 0.469. The lowest BCUT2D eigenvalue weighted by molar-refractivity contribution is -0.136. The first-order valence-electron chi connectivity index (χ1n) is 12.0. The van der Waals surface area contributed by atoms with Gasteiger partial charge >= 0.3 is 5.97 Å². The average Bonchev–Trinajstić information content (AvgIpc) is 3.12. The third-order valence-corrected chi connectivity index (χ3v) is 5.48. The fourth-order valence-corrected chi connectivity index (χ4v) is 3.72. The number of carbonyl (C=O) groups excluding carboxylic acids is 1. The van der Waals surface area contributed by atoms with E-state index in [9.17, 15) is 4.79 Å². The third kappa shape index (κ3) is 13.1. The predicted molar refractivity (Wildman–Crippen MR) is 119 cm³/mol. The van der Waals surface area contributed by atoms with Crippen molar-refractivity contribution in [3.05, 3.63) is 0 Å². The van der Waals surface area contributed by atoms with E-state index in [1.165, 1.54) is 83.5 Å². The number of rotatable bonds is 18. The van der Waals surface area contributed by atoms with Crippen molar-refractivity contribution in [1.82, 2.24) is 4.90 Å². The molecule has 0 saturated carbocycles. The Hall–Kier alpha value is -1.10. The van der Waals surface area contributed by atoms with Crippen LogP contribution in [0.15, 0.2) is 4.99 Å². The normalized spacial score (nSPS) is 13.8. The van der Waals surface area contributed by atoms with Gasteiger partial charge in [-0.1, -0.05) is 96.8 Å². The molecule has 5 nitrogen and oxygen atoms in total. The van der Waals surface area contributed by atoms with E-state index in [-0.39, 0.29) is 5.97 Å². The van der Waals surface area contributed by atoms with E-state index in [4.69, 9.17) is 10.5 Å². The summed E-state index contributed by atoms with van der Waals surface area (Å²) in [6.07, 6.45) is 20.4. The molecular formula is C23H45N3O2. The van der Waals surface area contributed by atoms with Crippen LogP contribution < -0.4 is 5.73 Å². The highest BCUT2D eigenvalue weighted by atomic mass is 16.6. The topological polar surface area (TPSA) is 67.9 Å². The molecule has 1 heterocycles. The molecule has 0 fully saturated rings. The molecule has 5 heteroatoms. The summed E-state index contributed by atoms with van der Waals surface area (Å²) in [4.78, 5) is 18.1. The second kappa shape index (κ2) is 18.0. The predicted octanol–water partition coefficient (Wildman–Crippen LogP) is 5.42. The number of nitrogens with zero attached hydrogens (tertiary/aromatic N) is 2. The summed E-state index contributed by atoms with van der Waals surface area (Å²) in [5, 5.41) is 0. The first kappa shape index (κ1) is 24.9. The van der Waals surface area contributed by atoms with Crippen LogP contribution in [-0.2, 0) is 9.53 Å². The minimum absolute atomic E-state index is 0.155. The van der Waals surface area contributed by atoms with Crippen LogP contribution >= 0.6 is 0 Å². The summed E-state index contributed by atoms with van der Waals surface area (Å²) in [5.41, 5.74) is 5.56. The largest absolute Gasteiger partial charge is 0.393 e. The zero-order valence-electron chi connectivity index (χ0n) is 18.4. The fraction of sp³-hybridized carbons (Fsp3) is 0.913. The maximum atomic E-state index is 11.9. The van der Waals surface area contributed by atoms with Crippen molar-refractivity contribution in [2.75, 3.05) is 26.2 Å². The number of unbranched alkanes of at least 4 members (excludes halogenated alkanes) is 14. The van der Waals surface area contributed by atoms with Crippen LogP contribution in [0.1, 0.15) is 110 Å². The van der Waals surface area contributed by atoms with Crippen LogP contribution in [0.4, 0.5) is 0 Å². The Morgan fingerprint density at radius 2 is 1.39 bits per heavy atom. The quantitative estimate of drug-likeness (QED) is 0.248. The molecule has 0 aromatic rings. The minimum atomic E-state index is -0.155. The van der Waals surface area contributed by atoms with E-state index in [0.29, 0.717) is 32.1 Å². The summed E-state index contributed by atoms with van der Waals surface area (Å²) in [6.45, 7) is 5.03. The molecule has 2 N–H and O–H groups in total. The van der Waals surface area contributed by atoms with Crippen molar-refractivity contribution in [2.24, 2.45) is 10.7 Å². The molecule has 164 valence electrons. The summed E-state index contributed by atoms with van der Waals surface area (Å²) in [5.74, 6) is -0.155. The highest BCUT2D eigenvalue weighted by molar-refractivity contribution is 5.88. The van der Waals surface area contributed by atoms with E-state index in [1.54, 1.807) is 0 Å². The lowest BCUT2D eigenvalue weighted by Gasteiger charge is -2.17. The number of aliphatic imine (C=N–C) groups is 1. The minimum Gasteiger partial charge on any atom is -0.393 e. The van der Waals surface area contributed by atoms with Gasteiger partial charge in [0.05, 0.1) is 6.54 Å². The monoisotopic (exact) mass is 395 g/mol. The van der Waals surface area contributed by atoms with Gasteiger partial charge in [-0.2, -0.15) is 0 Å². The number of esters is 1. The van der Waals surface area contributed by atoms with Gasteiger partial charge in [-0.05, 0) is 6.42 Å². The summed E-state index contributed by atoms with van der Waals surface area (Å²) in [7, 11) is 0. The molecule has 1 rings (SSSR count). The molecule has 0 radical (unpaired) electrons. The maximum absolute atomic E-state index is 11.9. The van der Waals surface area contributed by atoms with E-state index in [1.807, 2.05) is 4.90 Å². The summed E-state index contributed by atoms with van der Waals surface area (Å²) < 4.78 is 5.38. The molecule has 0 bridgehead atoms. The number of nitrogens with two attached hydrogens (primary N) is 1. The van der Waals surface area contributed by atoms with Crippen LogP contribution in [0.25, 0.3) is 0 Å². The number of hydrogen-bond acceptors (Lipinski definition) is 5. The second-order valence-corrected chi connectivity index (χ2v) is 8.11. The molecule has 0 aromatic heterocycles. The zero-order valence-corrected chi connectivity index (χ0v) is 18.4. The standard InChI is InChI=1S/C23H45N3O2/c1-2-3-4-5-6-7-8-9-10-11-12-13-14-15-16-17-22(27)28-23-25-19-21-26(23)20-18-24/h2-21,24H2,1H3. The van der Waals surface area contributed by atoms with Gasteiger partial charge in [0.25, 0.3) is 6.02 Å². The van der Waals surface area contributed by atoms with E-state index in [2.05, 4.69) is 11.9 Å². The lowest BCUT2D eigenvalue weighted by atomic mass is 10.0. The van der Waals surface area contributed by atoms with Crippen LogP contribution in [0.3, 0.4) is 0 Å². The maximum Gasteiger partial charge on any atom is 0.313 e. The Morgan fingerprint density at radius 1 is 0.893 bits per heavy atom. The van der Waals surface area contributed by atoms with E-state index in [0.717, 1.165) is 19.4 Å². The highest BCUT2D eigenvalue weighted by Crippen LogP contribution is 2.14. The second-order valence-electron chi connectivity index (χ2n) is 8.11. The Morgan fingerprint density at radius 3 is 1.89 bits per heavy atom. The zero-order chi connectivity index (χ0) is 20.3. The van der Waals surface area contributed by atoms with Gasteiger partial charge in [-0.3, -0.25) is 4.79 Å². The first-order chi connectivity index (χ1) is 13.8. The van der Waals surface area contributed by atoms with Gasteiger partial charge in [0, 0.05) is 26.1 Å². The Kier molecular flexibility index (Phi) is 16.0. The molecule has 0 aromatic carbocycles. The highest BCUT2D eigenvalue weighted by Gasteiger charge is 2.20. The Balaban J connectivity index is 1.82.